The number of hydrogen-bond acceptors (Lipinski definition) is 4. The summed E-state index contributed by atoms with van der Waals surface area (Å²) in [4.78, 5) is 4.37. The number of nitrogen functional groups attached to an aromatic ring is 2. The van der Waals surface area contributed by atoms with Crippen molar-refractivity contribution in [2.24, 2.45) is 4.99 Å². The minimum atomic E-state index is -0.192. The van der Waals surface area contributed by atoms with Crippen molar-refractivity contribution in [3.05, 3.63) is 35.2 Å². The lowest BCUT2D eigenvalue weighted by atomic mass is 10.0. The third-order valence-electron chi connectivity index (χ3n) is 2.77. The number of hydrogen-bond donors (Lipinski definition) is 3. The van der Waals surface area contributed by atoms with Crippen LogP contribution in [0.15, 0.2) is 34.7 Å². The predicted octanol–water partition coefficient (Wildman–Crippen LogP) is 1.55. The van der Waals surface area contributed by atoms with E-state index in [0.717, 1.165) is 11.3 Å². The Morgan fingerprint density at radius 3 is 2.89 bits per heavy atom. The van der Waals surface area contributed by atoms with Gasteiger partial charge in [-0.3, -0.25) is 4.99 Å². The maximum absolute atomic E-state index is 8.86. The first-order valence-corrected chi connectivity index (χ1v) is 7.15. The second kappa shape index (κ2) is 5.37. The summed E-state index contributed by atoms with van der Waals surface area (Å²) < 4.78 is 0. The van der Waals surface area contributed by atoms with E-state index < -0.39 is 0 Å². The SMILES string of the molecule is C=S1C=CC(=NCCO)C1c1cc(N)ccc1N. The van der Waals surface area contributed by atoms with Crippen LogP contribution in [-0.2, 0) is 0 Å². The molecule has 96 valence electrons. The lowest BCUT2D eigenvalue weighted by Crippen LogP contribution is -2.09. The largest absolute Gasteiger partial charge is 0.399 e. The molecule has 0 spiro atoms. The van der Waals surface area contributed by atoms with Crippen molar-refractivity contribution in [3.8, 4) is 0 Å². The highest BCUT2D eigenvalue weighted by molar-refractivity contribution is 8.17. The van der Waals surface area contributed by atoms with Gasteiger partial charge in [0.15, 0.2) is 0 Å². The van der Waals surface area contributed by atoms with Gasteiger partial charge in [0, 0.05) is 11.4 Å². The first kappa shape index (κ1) is 12.9. The van der Waals surface area contributed by atoms with Crippen molar-refractivity contribution in [2.45, 2.75) is 5.25 Å². The first-order chi connectivity index (χ1) is 8.63. The second-order valence-electron chi connectivity index (χ2n) is 4.07. The van der Waals surface area contributed by atoms with Gasteiger partial charge >= 0.3 is 0 Å². The summed E-state index contributed by atoms with van der Waals surface area (Å²) >= 11 is 0. The highest BCUT2D eigenvalue weighted by atomic mass is 32.2. The summed E-state index contributed by atoms with van der Waals surface area (Å²) in [6.07, 6.45) is 1.96. The van der Waals surface area contributed by atoms with Crippen LogP contribution in [0.2, 0.25) is 0 Å². The highest BCUT2D eigenvalue weighted by Gasteiger charge is 2.24. The van der Waals surface area contributed by atoms with E-state index >= 15 is 0 Å². The van der Waals surface area contributed by atoms with Gasteiger partial charge in [-0.15, -0.1) is 0 Å². The molecule has 0 aromatic heterocycles. The van der Waals surface area contributed by atoms with Gasteiger partial charge in [-0.25, -0.2) is 0 Å². The summed E-state index contributed by atoms with van der Waals surface area (Å²) in [5, 5.41) is 10.9. The summed E-state index contributed by atoms with van der Waals surface area (Å²) in [5.41, 5.74) is 15.1. The van der Waals surface area contributed by atoms with E-state index in [1.165, 1.54) is 0 Å². The molecule has 2 atom stereocenters. The van der Waals surface area contributed by atoms with Crippen molar-refractivity contribution < 1.29 is 5.11 Å². The smallest absolute Gasteiger partial charge is 0.0718 e. The Kier molecular flexibility index (Phi) is 3.84. The van der Waals surface area contributed by atoms with Crippen LogP contribution in [0.5, 0.6) is 0 Å². The molecule has 1 aromatic rings. The lowest BCUT2D eigenvalue weighted by Gasteiger charge is -2.17. The van der Waals surface area contributed by atoms with Crippen LogP contribution in [0.3, 0.4) is 0 Å². The fourth-order valence-corrected chi connectivity index (χ4v) is 3.40. The molecule has 18 heavy (non-hydrogen) atoms. The molecule has 0 radical (unpaired) electrons. The van der Waals surface area contributed by atoms with Gasteiger partial charge in [-0.1, -0.05) is 5.87 Å². The van der Waals surface area contributed by atoms with Crippen molar-refractivity contribution in [1.29, 1.82) is 0 Å². The summed E-state index contributed by atoms with van der Waals surface area (Å²) in [5.74, 6) is 4.13. The number of anilines is 2. The molecular formula is C13H17N3OS. The molecule has 1 heterocycles. The normalized spacial score (nSPS) is 24.8. The summed E-state index contributed by atoms with van der Waals surface area (Å²) in [6, 6.07) is 5.48. The number of nitrogens with zero attached hydrogens (tertiary/aromatic N) is 1. The molecule has 5 N–H and O–H groups in total. The Hall–Kier alpha value is -1.59. The fraction of sp³-hybridized carbons (Fsp3) is 0.231. The van der Waals surface area contributed by atoms with Crippen LogP contribution < -0.4 is 11.5 Å². The molecule has 0 fully saturated rings. The molecule has 0 bridgehead atoms. The molecule has 0 saturated carbocycles. The lowest BCUT2D eigenvalue weighted by molar-refractivity contribution is 0.307. The highest BCUT2D eigenvalue weighted by Crippen LogP contribution is 2.44. The molecule has 1 aliphatic rings. The van der Waals surface area contributed by atoms with Gasteiger partial charge in [0.2, 0.25) is 0 Å². The number of nitrogens with two attached hydrogens (primary N) is 2. The van der Waals surface area contributed by atoms with Crippen LogP contribution in [0, 0.1) is 0 Å². The summed E-state index contributed by atoms with van der Waals surface area (Å²) in [7, 11) is -0.192. The van der Waals surface area contributed by atoms with E-state index in [4.69, 9.17) is 16.6 Å². The topological polar surface area (TPSA) is 84.6 Å². The van der Waals surface area contributed by atoms with Crippen LogP contribution in [-0.4, -0.2) is 29.8 Å². The van der Waals surface area contributed by atoms with Crippen molar-refractivity contribution >= 4 is 33.4 Å². The molecule has 0 amide bonds. The molecule has 2 unspecified atom stereocenters. The van der Waals surface area contributed by atoms with Gasteiger partial charge < -0.3 is 16.6 Å². The van der Waals surface area contributed by atoms with Crippen LogP contribution in [0.1, 0.15) is 10.8 Å². The number of rotatable bonds is 3. The quantitative estimate of drug-likeness (QED) is 0.571. The zero-order valence-electron chi connectivity index (χ0n) is 10.0. The van der Waals surface area contributed by atoms with Crippen LogP contribution >= 0.6 is 10.5 Å². The number of aliphatic imine (C=N–C) groups is 1. The molecule has 1 aromatic carbocycles. The van der Waals surface area contributed by atoms with E-state index in [0.29, 0.717) is 17.9 Å². The Morgan fingerprint density at radius 1 is 1.39 bits per heavy atom. The van der Waals surface area contributed by atoms with E-state index in [1.807, 2.05) is 23.6 Å². The van der Waals surface area contributed by atoms with E-state index in [-0.39, 0.29) is 22.3 Å². The number of benzene rings is 1. The van der Waals surface area contributed by atoms with Crippen molar-refractivity contribution in [1.82, 2.24) is 0 Å². The number of aliphatic hydroxyl groups is 1. The van der Waals surface area contributed by atoms with E-state index in [9.17, 15) is 0 Å². The average molecular weight is 263 g/mol. The van der Waals surface area contributed by atoms with Gasteiger partial charge in [0.05, 0.1) is 24.1 Å². The molecule has 0 aliphatic carbocycles. The van der Waals surface area contributed by atoms with Crippen LogP contribution in [0.25, 0.3) is 0 Å². The third-order valence-corrected chi connectivity index (χ3v) is 4.36. The zero-order valence-corrected chi connectivity index (χ0v) is 10.9. The third kappa shape index (κ3) is 2.47. The van der Waals surface area contributed by atoms with E-state index in [1.54, 1.807) is 6.07 Å². The fourth-order valence-electron chi connectivity index (χ4n) is 1.94. The zero-order chi connectivity index (χ0) is 13.1. The van der Waals surface area contributed by atoms with Gasteiger partial charge in [0.1, 0.15) is 0 Å². The Labute approximate surface area is 109 Å². The number of aliphatic hydroxyl groups excluding tert-OH is 1. The standard InChI is InChI=1S/C13H17N3OS/c1-18-7-4-12(16-5-6-17)13(18)10-8-9(14)2-3-11(10)15/h2-4,7-8,13,17H,1,5-6,14-15H2. The molecule has 1 aliphatic heterocycles. The molecule has 5 heteroatoms. The molecular weight excluding hydrogens is 246 g/mol. The summed E-state index contributed by atoms with van der Waals surface area (Å²) in [6.45, 7) is 0.441. The van der Waals surface area contributed by atoms with Gasteiger partial charge in [0.25, 0.3) is 0 Å². The predicted molar refractivity (Wildman–Crippen MR) is 81.2 cm³/mol. The first-order valence-electron chi connectivity index (χ1n) is 5.63. The minimum absolute atomic E-state index is 0.0430. The number of allylic oxidation sites excluding steroid dienone is 1. The minimum Gasteiger partial charge on any atom is -0.399 e. The Morgan fingerprint density at radius 2 is 2.17 bits per heavy atom. The van der Waals surface area contributed by atoms with Crippen molar-refractivity contribution in [2.75, 3.05) is 24.6 Å². The average Bonchev–Trinajstić information content (AvgIpc) is 2.71. The molecule has 4 nitrogen and oxygen atoms in total. The molecule has 2 rings (SSSR count). The van der Waals surface area contributed by atoms with Crippen LogP contribution in [0.4, 0.5) is 11.4 Å². The second-order valence-corrected chi connectivity index (χ2v) is 5.75. The molecule has 0 saturated heterocycles. The van der Waals surface area contributed by atoms with Gasteiger partial charge in [-0.2, -0.15) is 10.5 Å². The maximum atomic E-state index is 8.86. The maximum Gasteiger partial charge on any atom is 0.0718 e. The monoisotopic (exact) mass is 263 g/mol. The Balaban J connectivity index is 2.41. The van der Waals surface area contributed by atoms with Crippen molar-refractivity contribution in [3.63, 3.8) is 0 Å². The Bertz CT molecular complexity index is 537. The van der Waals surface area contributed by atoms with E-state index in [2.05, 4.69) is 10.9 Å². The van der Waals surface area contributed by atoms with Gasteiger partial charge in [-0.05, 0) is 35.2 Å².